The normalized spacial score (nSPS) is 10.2. The lowest BCUT2D eigenvalue weighted by Gasteiger charge is -2.08. The standard InChI is InChI=1S/C10H9N3O6/c1-17-7-3-5(9-11-12-10(14)19-9)6(13(15)16)4-8(7)18-2/h3-4H,1-2H3,(H,12,14). The zero-order valence-electron chi connectivity index (χ0n) is 10.00. The Morgan fingerprint density at radius 2 is 1.95 bits per heavy atom. The van der Waals surface area contributed by atoms with Crippen LogP contribution >= 0.6 is 0 Å². The summed E-state index contributed by atoms with van der Waals surface area (Å²) in [6, 6.07) is 2.49. The summed E-state index contributed by atoms with van der Waals surface area (Å²) in [4.78, 5) is 21.3. The molecule has 0 aliphatic carbocycles. The summed E-state index contributed by atoms with van der Waals surface area (Å²) in [5.41, 5.74) is -0.297. The zero-order valence-corrected chi connectivity index (χ0v) is 10.00. The molecule has 9 nitrogen and oxygen atoms in total. The summed E-state index contributed by atoms with van der Waals surface area (Å²) in [5.74, 6) is -0.554. The van der Waals surface area contributed by atoms with Crippen molar-refractivity contribution in [1.29, 1.82) is 0 Å². The first-order chi connectivity index (χ1) is 9.06. The maximum atomic E-state index is 11.0. The predicted molar refractivity (Wildman–Crippen MR) is 62.3 cm³/mol. The lowest BCUT2D eigenvalue weighted by atomic mass is 10.1. The molecule has 1 heterocycles. The minimum Gasteiger partial charge on any atom is -0.493 e. The van der Waals surface area contributed by atoms with Crippen LogP contribution in [0.3, 0.4) is 0 Å². The fourth-order valence-corrected chi connectivity index (χ4v) is 1.54. The Kier molecular flexibility index (Phi) is 3.19. The lowest BCUT2D eigenvalue weighted by Crippen LogP contribution is -1.97. The van der Waals surface area contributed by atoms with Gasteiger partial charge in [-0.2, -0.15) is 0 Å². The Bertz CT molecular complexity index is 674. The first kappa shape index (κ1) is 12.6. The number of aromatic amines is 1. The van der Waals surface area contributed by atoms with Crippen LogP contribution in [0.4, 0.5) is 5.69 Å². The Labute approximate surface area is 105 Å². The molecular weight excluding hydrogens is 258 g/mol. The van der Waals surface area contributed by atoms with Crippen LogP contribution in [0, 0.1) is 10.1 Å². The number of H-pyrrole nitrogens is 1. The minimum atomic E-state index is -0.806. The largest absolute Gasteiger partial charge is 0.493 e. The van der Waals surface area contributed by atoms with Crippen LogP contribution in [0.1, 0.15) is 0 Å². The van der Waals surface area contributed by atoms with Gasteiger partial charge in [-0.1, -0.05) is 0 Å². The number of nitro benzene ring substituents is 1. The van der Waals surface area contributed by atoms with E-state index in [2.05, 4.69) is 5.10 Å². The van der Waals surface area contributed by atoms with Crippen molar-refractivity contribution in [1.82, 2.24) is 10.2 Å². The molecule has 19 heavy (non-hydrogen) atoms. The van der Waals surface area contributed by atoms with Gasteiger partial charge in [-0.3, -0.25) is 10.1 Å². The van der Waals surface area contributed by atoms with Gasteiger partial charge in [0.15, 0.2) is 11.5 Å². The number of nitrogens with zero attached hydrogens (tertiary/aromatic N) is 2. The van der Waals surface area contributed by atoms with Crippen LogP contribution in [0.2, 0.25) is 0 Å². The molecule has 0 atom stereocenters. The molecule has 9 heteroatoms. The Balaban J connectivity index is 2.70. The van der Waals surface area contributed by atoms with Crippen molar-refractivity contribution >= 4 is 5.69 Å². The van der Waals surface area contributed by atoms with Crippen LogP contribution in [-0.4, -0.2) is 29.3 Å². The molecule has 0 spiro atoms. The first-order valence-electron chi connectivity index (χ1n) is 5.03. The summed E-state index contributed by atoms with van der Waals surface area (Å²) < 4.78 is 14.7. The second-order valence-electron chi connectivity index (χ2n) is 3.40. The molecule has 0 radical (unpaired) electrons. The van der Waals surface area contributed by atoms with E-state index in [0.29, 0.717) is 0 Å². The van der Waals surface area contributed by atoms with Crippen molar-refractivity contribution in [2.45, 2.75) is 0 Å². The minimum absolute atomic E-state index is 0.0148. The number of benzene rings is 1. The number of aromatic nitrogens is 2. The molecule has 0 fully saturated rings. The van der Waals surface area contributed by atoms with Gasteiger partial charge in [-0.15, -0.1) is 5.10 Å². The van der Waals surface area contributed by atoms with Gasteiger partial charge in [0.2, 0.25) is 0 Å². The van der Waals surface area contributed by atoms with Crippen LogP contribution in [0.15, 0.2) is 21.3 Å². The Hall–Kier alpha value is -2.84. The third kappa shape index (κ3) is 2.25. The maximum absolute atomic E-state index is 11.0. The topological polar surface area (TPSA) is 120 Å². The maximum Gasteiger partial charge on any atom is 0.434 e. The van der Waals surface area contributed by atoms with E-state index in [9.17, 15) is 14.9 Å². The molecule has 0 saturated carbocycles. The number of rotatable bonds is 4. The van der Waals surface area contributed by atoms with Crippen molar-refractivity contribution in [2.24, 2.45) is 0 Å². The van der Waals surface area contributed by atoms with Gasteiger partial charge in [0, 0.05) is 6.07 Å². The quantitative estimate of drug-likeness (QED) is 0.646. The fraction of sp³-hybridized carbons (Fsp3) is 0.200. The Morgan fingerprint density at radius 3 is 2.42 bits per heavy atom. The number of ether oxygens (including phenoxy) is 2. The molecule has 0 aliphatic heterocycles. The van der Waals surface area contributed by atoms with E-state index in [-0.39, 0.29) is 28.6 Å². The number of hydrogen-bond acceptors (Lipinski definition) is 7. The van der Waals surface area contributed by atoms with Gasteiger partial charge >= 0.3 is 5.76 Å². The molecule has 1 N–H and O–H groups in total. The molecule has 1 aromatic heterocycles. The number of methoxy groups -OCH3 is 2. The highest BCUT2D eigenvalue weighted by Gasteiger charge is 2.24. The molecule has 0 amide bonds. The average molecular weight is 267 g/mol. The van der Waals surface area contributed by atoms with Crippen LogP contribution in [0.25, 0.3) is 11.5 Å². The molecular formula is C10H9N3O6. The van der Waals surface area contributed by atoms with E-state index in [1.54, 1.807) is 0 Å². The van der Waals surface area contributed by atoms with Gasteiger partial charge in [-0.25, -0.2) is 9.89 Å². The average Bonchev–Trinajstić information content (AvgIpc) is 2.83. The molecule has 0 bridgehead atoms. The second kappa shape index (κ2) is 4.80. The number of nitro groups is 1. The van der Waals surface area contributed by atoms with Crippen molar-refractivity contribution in [3.8, 4) is 23.0 Å². The zero-order chi connectivity index (χ0) is 14.0. The SMILES string of the molecule is COc1cc(-c2n[nH]c(=O)o2)c([N+](=O)[O-])cc1OC. The highest BCUT2D eigenvalue weighted by Crippen LogP contribution is 2.38. The highest BCUT2D eigenvalue weighted by atomic mass is 16.6. The molecule has 1 aromatic carbocycles. The Morgan fingerprint density at radius 1 is 1.32 bits per heavy atom. The highest BCUT2D eigenvalue weighted by molar-refractivity contribution is 5.71. The van der Waals surface area contributed by atoms with Crippen molar-refractivity contribution in [3.05, 3.63) is 32.8 Å². The van der Waals surface area contributed by atoms with Gasteiger partial charge in [0.25, 0.3) is 11.6 Å². The van der Waals surface area contributed by atoms with Gasteiger partial charge < -0.3 is 13.9 Å². The smallest absolute Gasteiger partial charge is 0.434 e. The third-order valence-corrected chi connectivity index (χ3v) is 2.37. The van der Waals surface area contributed by atoms with Crippen LogP contribution in [0.5, 0.6) is 11.5 Å². The summed E-state index contributed by atoms with van der Waals surface area (Å²) in [6.07, 6.45) is 0. The monoisotopic (exact) mass is 267 g/mol. The van der Waals surface area contributed by atoms with E-state index in [0.717, 1.165) is 0 Å². The molecule has 2 rings (SSSR count). The summed E-state index contributed by atoms with van der Waals surface area (Å²) in [5, 5.41) is 16.6. The molecule has 0 unspecified atom stereocenters. The lowest BCUT2D eigenvalue weighted by molar-refractivity contribution is -0.384. The van der Waals surface area contributed by atoms with E-state index < -0.39 is 10.7 Å². The van der Waals surface area contributed by atoms with Crippen LogP contribution in [-0.2, 0) is 0 Å². The van der Waals surface area contributed by atoms with Crippen molar-refractivity contribution in [3.63, 3.8) is 0 Å². The molecule has 0 saturated heterocycles. The second-order valence-corrected chi connectivity index (χ2v) is 3.40. The van der Waals surface area contributed by atoms with Crippen molar-refractivity contribution < 1.29 is 18.8 Å². The fourth-order valence-electron chi connectivity index (χ4n) is 1.54. The van der Waals surface area contributed by atoms with Gasteiger partial charge in [0.1, 0.15) is 5.56 Å². The molecule has 0 aliphatic rings. The van der Waals surface area contributed by atoms with E-state index in [4.69, 9.17) is 13.9 Å². The van der Waals surface area contributed by atoms with Gasteiger partial charge in [-0.05, 0) is 0 Å². The van der Waals surface area contributed by atoms with E-state index in [1.807, 2.05) is 5.10 Å². The summed E-state index contributed by atoms with van der Waals surface area (Å²) in [7, 11) is 2.74. The third-order valence-electron chi connectivity index (χ3n) is 2.37. The number of nitrogens with one attached hydrogen (secondary N) is 1. The number of hydrogen-bond donors (Lipinski definition) is 1. The molecule has 2 aromatic rings. The van der Waals surface area contributed by atoms with Crippen LogP contribution < -0.4 is 15.2 Å². The van der Waals surface area contributed by atoms with Gasteiger partial charge in [0.05, 0.1) is 25.2 Å². The van der Waals surface area contributed by atoms with E-state index >= 15 is 0 Å². The van der Waals surface area contributed by atoms with Crippen molar-refractivity contribution in [2.75, 3.05) is 14.2 Å². The molecule has 100 valence electrons. The summed E-state index contributed by atoms with van der Waals surface area (Å²) in [6.45, 7) is 0. The predicted octanol–water partition coefficient (Wildman–Crippen LogP) is 0.955. The first-order valence-corrected chi connectivity index (χ1v) is 5.03. The van der Waals surface area contributed by atoms with E-state index in [1.165, 1.54) is 26.4 Å². The summed E-state index contributed by atoms with van der Waals surface area (Å²) >= 11 is 0.